The summed E-state index contributed by atoms with van der Waals surface area (Å²) in [6.45, 7) is 2.99. The predicted molar refractivity (Wildman–Crippen MR) is 222 cm³/mol. The molecule has 63 heavy (non-hydrogen) atoms. The number of fused-ring (bicyclic) bond motifs is 2. The molecule has 5 atom stereocenters. The van der Waals surface area contributed by atoms with E-state index < -0.39 is 90.9 Å². The van der Waals surface area contributed by atoms with Crippen molar-refractivity contribution in [1.82, 2.24) is 10.2 Å². The van der Waals surface area contributed by atoms with Gasteiger partial charge in [-0.25, -0.2) is 9.59 Å². The van der Waals surface area contributed by atoms with Crippen LogP contribution < -0.4 is 5.32 Å². The molecule has 16 heteroatoms. The SMILES string of the molecule is CN(C(=O)C1=CC2OC3(Cc4ccccc4C3)OC2C(OC(=O)c2cccc(C=CC(=O)OCC(F)(F)F)c2)C1)C(Cc1ccccc1)C(=O)NC(CO)CCC(=O)OC(C)(C)C. The van der Waals surface area contributed by atoms with Gasteiger partial charge in [-0.1, -0.05) is 66.7 Å². The van der Waals surface area contributed by atoms with Crippen LogP contribution in [0.15, 0.2) is 96.6 Å². The van der Waals surface area contributed by atoms with E-state index in [1.807, 2.05) is 42.5 Å². The number of nitrogens with zero attached hydrogens (tertiary/aromatic N) is 1. The summed E-state index contributed by atoms with van der Waals surface area (Å²) in [4.78, 5) is 68.1. The Labute approximate surface area is 363 Å². The number of amides is 2. The molecule has 0 aromatic heterocycles. The van der Waals surface area contributed by atoms with E-state index in [9.17, 15) is 42.3 Å². The van der Waals surface area contributed by atoms with Crippen LogP contribution in [0.5, 0.6) is 0 Å². The summed E-state index contributed by atoms with van der Waals surface area (Å²) in [7, 11) is 1.48. The average molecular weight is 877 g/mol. The van der Waals surface area contributed by atoms with Gasteiger partial charge in [0.2, 0.25) is 11.8 Å². The number of benzene rings is 3. The topological polar surface area (TPSA) is 167 Å². The smallest absolute Gasteiger partial charge is 0.422 e. The number of halogens is 3. The molecule has 3 aromatic rings. The van der Waals surface area contributed by atoms with Crippen LogP contribution in [0.2, 0.25) is 0 Å². The van der Waals surface area contributed by atoms with E-state index in [2.05, 4.69) is 10.1 Å². The van der Waals surface area contributed by atoms with Gasteiger partial charge >= 0.3 is 24.1 Å². The number of alkyl halides is 3. The normalized spacial score (nSPS) is 19.9. The van der Waals surface area contributed by atoms with Gasteiger partial charge in [0, 0.05) is 50.8 Å². The molecule has 336 valence electrons. The molecular weight excluding hydrogens is 826 g/mol. The van der Waals surface area contributed by atoms with Crippen molar-refractivity contribution < 1.29 is 65.9 Å². The molecule has 1 spiro atoms. The lowest BCUT2D eigenvalue weighted by molar-refractivity contribution is -0.182. The minimum atomic E-state index is -4.69. The fourth-order valence-corrected chi connectivity index (χ4v) is 7.79. The van der Waals surface area contributed by atoms with Crippen molar-refractivity contribution in [3.63, 3.8) is 0 Å². The number of carbonyl (C=O) groups is 5. The second-order valence-corrected chi connectivity index (χ2v) is 16.9. The van der Waals surface area contributed by atoms with Gasteiger partial charge in [0.15, 0.2) is 12.4 Å². The van der Waals surface area contributed by atoms with Gasteiger partial charge in [0.1, 0.15) is 30.0 Å². The van der Waals surface area contributed by atoms with Crippen LogP contribution in [0, 0.1) is 0 Å². The van der Waals surface area contributed by atoms with Crippen LogP contribution in [0.1, 0.15) is 72.6 Å². The van der Waals surface area contributed by atoms with Crippen molar-refractivity contribution in [1.29, 1.82) is 0 Å². The summed E-state index contributed by atoms with van der Waals surface area (Å²) in [6.07, 6.45) is -2.97. The third kappa shape index (κ3) is 12.6. The van der Waals surface area contributed by atoms with Crippen molar-refractivity contribution in [2.75, 3.05) is 20.3 Å². The van der Waals surface area contributed by atoms with Crippen LogP contribution in [0.4, 0.5) is 13.2 Å². The Bertz CT molecular complexity index is 2190. The Balaban J connectivity index is 1.23. The highest BCUT2D eigenvalue weighted by molar-refractivity contribution is 5.97. The molecular formula is C47H51F3N2O11. The quantitative estimate of drug-likeness (QED) is 0.111. The molecule has 2 aliphatic carbocycles. The molecule has 5 unspecified atom stereocenters. The van der Waals surface area contributed by atoms with Crippen molar-refractivity contribution in [2.45, 2.75) is 107 Å². The Morgan fingerprint density at radius 1 is 0.952 bits per heavy atom. The van der Waals surface area contributed by atoms with E-state index in [0.29, 0.717) is 18.4 Å². The molecule has 2 amide bonds. The summed E-state index contributed by atoms with van der Waals surface area (Å²) in [5.41, 5.74) is 2.63. The van der Waals surface area contributed by atoms with E-state index in [4.69, 9.17) is 18.9 Å². The molecule has 2 N–H and O–H groups in total. The van der Waals surface area contributed by atoms with Gasteiger partial charge in [0.05, 0.1) is 18.2 Å². The van der Waals surface area contributed by atoms with Crippen molar-refractivity contribution >= 4 is 35.8 Å². The fraction of sp³-hybridized carbons (Fsp3) is 0.426. The van der Waals surface area contributed by atoms with Crippen molar-refractivity contribution in [3.05, 3.63) is 124 Å². The first-order valence-electron chi connectivity index (χ1n) is 20.6. The number of likely N-dealkylation sites (N-methyl/N-ethyl adjacent to an activating group) is 1. The minimum absolute atomic E-state index is 0.0449. The second-order valence-electron chi connectivity index (χ2n) is 16.9. The lowest BCUT2D eigenvalue weighted by Crippen LogP contribution is -2.53. The van der Waals surface area contributed by atoms with E-state index in [1.54, 1.807) is 39.0 Å². The molecule has 0 radical (unpaired) electrons. The molecule has 0 bridgehead atoms. The zero-order valence-electron chi connectivity index (χ0n) is 35.4. The standard InChI is InChI=1S/C47H51F3N2O11/c1-45(2,3)62-40(55)20-18-35(27-53)51-42(56)36(22-29-11-6-5-7-12-29)52(4)43(57)34-23-37(41-38(24-34)61-46(63-41)25-32-14-8-9-15-33(32)26-46)60-44(58)31-16-10-13-30(21-31)17-19-39(54)59-28-47(48,49)50/h5-17,19,21,24,35-38,41,53H,18,20,22-23,25-28H2,1-4H3,(H,51,56). The molecule has 3 aliphatic rings. The maximum absolute atomic E-state index is 14.6. The molecule has 3 aromatic carbocycles. The zero-order valence-corrected chi connectivity index (χ0v) is 35.4. The lowest BCUT2D eigenvalue weighted by Gasteiger charge is -2.34. The maximum Gasteiger partial charge on any atom is 0.422 e. The van der Waals surface area contributed by atoms with E-state index in [1.165, 1.54) is 42.3 Å². The zero-order chi connectivity index (χ0) is 45.5. The highest BCUT2D eigenvalue weighted by Crippen LogP contribution is 2.45. The van der Waals surface area contributed by atoms with Gasteiger partial charge in [0.25, 0.3) is 0 Å². The molecule has 1 heterocycles. The number of rotatable bonds is 15. The van der Waals surface area contributed by atoms with Crippen LogP contribution in [0.3, 0.4) is 0 Å². The fourth-order valence-electron chi connectivity index (χ4n) is 7.79. The summed E-state index contributed by atoms with van der Waals surface area (Å²) in [5.74, 6) is -4.75. The Morgan fingerprint density at radius 2 is 1.63 bits per heavy atom. The van der Waals surface area contributed by atoms with Crippen LogP contribution in [-0.2, 0) is 62.1 Å². The first-order valence-corrected chi connectivity index (χ1v) is 20.6. The first-order chi connectivity index (χ1) is 29.8. The molecule has 13 nitrogen and oxygen atoms in total. The number of hydrogen-bond acceptors (Lipinski definition) is 11. The van der Waals surface area contributed by atoms with Gasteiger partial charge in [-0.15, -0.1) is 0 Å². The summed E-state index contributed by atoms with van der Waals surface area (Å²) >= 11 is 0. The molecule has 6 rings (SSSR count). The van der Waals surface area contributed by atoms with E-state index >= 15 is 0 Å². The number of hydrogen-bond donors (Lipinski definition) is 2. The number of ether oxygens (including phenoxy) is 5. The molecule has 1 aliphatic heterocycles. The summed E-state index contributed by atoms with van der Waals surface area (Å²) in [5, 5.41) is 13.0. The van der Waals surface area contributed by atoms with Gasteiger partial charge in [-0.3, -0.25) is 14.4 Å². The summed E-state index contributed by atoms with van der Waals surface area (Å²) < 4.78 is 66.4. The molecule has 0 saturated carbocycles. The van der Waals surface area contributed by atoms with Crippen LogP contribution >= 0.6 is 0 Å². The van der Waals surface area contributed by atoms with Gasteiger partial charge in [-0.05, 0) is 73.7 Å². The number of aliphatic hydroxyl groups excluding tert-OH is 1. The number of esters is 3. The van der Waals surface area contributed by atoms with Gasteiger partial charge in [-0.2, -0.15) is 13.2 Å². The number of carbonyl (C=O) groups excluding carboxylic acids is 5. The Hall–Kier alpha value is -5.84. The largest absolute Gasteiger partial charge is 0.460 e. The highest BCUT2D eigenvalue weighted by atomic mass is 19.4. The molecule has 1 saturated heterocycles. The van der Waals surface area contributed by atoms with Crippen LogP contribution in [0.25, 0.3) is 6.08 Å². The second kappa shape index (κ2) is 19.7. The lowest BCUT2D eigenvalue weighted by atomic mass is 9.90. The number of nitrogens with one attached hydrogen (secondary N) is 1. The Kier molecular flexibility index (Phi) is 14.6. The van der Waals surface area contributed by atoms with Crippen molar-refractivity contribution in [3.8, 4) is 0 Å². The van der Waals surface area contributed by atoms with Gasteiger partial charge < -0.3 is 39.0 Å². The van der Waals surface area contributed by atoms with E-state index in [-0.39, 0.29) is 36.8 Å². The third-order valence-corrected chi connectivity index (χ3v) is 10.7. The molecule has 1 fully saturated rings. The van der Waals surface area contributed by atoms with Crippen molar-refractivity contribution in [2.24, 2.45) is 0 Å². The minimum Gasteiger partial charge on any atom is -0.460 e. The number of aliphatic hydroxyl groups is 1. The summed E-state index contributed by atoms with van der Waals surface area (Å²) in [6, 6.07) is 20.8. The third-order valence-electron chi connectivity index (χ3n) is 10.7. The highest BCUT2D eigenvalue weighted by Gasteiger charge is 2.55. The van der Waals surface area contributed by atoms with E-state index in [0.717, 1.165) is 22.8 Å². The monoisotopic (exact) mass is 876 g/mol. The van der Waals surface area contributed by atoms with Crippen LogP contribution in [-0.4, -0.2) is 108 Å². The predicted octanol–water partition coefficient (Wildman–Crippen LogP) is 5.61. The maximum atomic E-state index is 14.6. The average Bonchev–Trinajstić information content (AvgIpc) is 3.79. The Morgan fingerprint density at radius 3 is 2.29 bits per heavy atom. The first kappa shape index (κ1) is 46.7.